The van der Waals surface area contributed by atoms with Gasteiger partial charge < -0.3 is 19.9 Å². The number of ether oxygens (including phenoxy) is 1. The summed E-state index contributed by atoms with van der Waals surface area (Å²) in [4.78, 5) is 32.3. The van der Waals surface area contributed by atoms with E-state index in [1.165, 1.54) is 6.92 Å². The molecule has 0 aromatic heterocycles. The molecule has 0 bridgehead atoms. The summed E-state index contributed by atoms with van der Waals surface area (Å²) >= 11 is 5.80. The summed E-state index contributed by atoms with van der Waals surface area (Å²) < 4.78 is 60.0. The van der Waals surface area contributed by atoms with Crippen molar-refractivity contribution < 1.29 is 41.6 Å². The van der Waals surface area contributed by atoms with Crippen molar-refractivity contribution in [1.82, 2.24) is 0 Å². The molecule has 2 aromatic carbocycles. The molecule has 2 unspecified atom stereocenters. The van der Waals surface area contributed by atoms with E-state index in [0.717, 1.165) is 24.3 Å². The summed E-state index contributed by atoms with van der Waals surface area (Å²) in [7, 11) is -4.63. The Kier molecular flexibility index (Phi) is 7.32. The highest BCUT2D eigenvalue weighted by atomic mass is 35.5. The van der Waals surface area contributed by atoms with Gasteiger partial charge in [0.15, 0.2) is 0 Å². The average Bonchev–Trinajstić information content (AvgIpc) is 2.67. The lowest BCUT2D eigenvalue weighted by Gasteiger charge is -2.17. The topological polar surface area (TPSA) is 142 Å². The van der Waals surface area contributed by atoms with E-state index < -0.39 is 52.3 Å². The molecule has 0 aliphatic rings. The quantitative estimate of drug-likeness (QED) is 0.315. The van der Waals surface area contributed by atoms with Crippen molar-refractivity contribution >= 4 is 30.9 Å². The van der Waals surface area contributed by atoms with Crippen LogP contribution in [-0.4, -0.2) is 21.6 Å². The lowest BCUT2D eigenvalue weighted by atomic mass is 10.1. The Bertz CT molecular complexity index is 1060. The van der Waals surface area contributed by atoms with Crippen molar-refractivity contribution in [2.45, 2.75) is 25.3 Å². The highest BCUT2D eigenvalue weighted by Crippen LogP contribution is 2.47. The Hall–Kier alpha value is -2.66. The fourth-order valence-corrected chi connectivity index (χ4v) is 3.41. The van der Waals surface area contributed by atoms with E-state index in [0.29, 0.717) is 12.1 Å². The molecule has 2 aromatic rings. The number of nitro benzene ring substituents is 1. The molecule has 9 nitrogen and oxygen atoms in total. The van der Waals surface area contributed by atoms with E-state index in [-0.39, 0.29) is 17.9 Å². The van der Waals surface area contributed by atoms with Crippen LogP contribution in [0.25, 0.3) is 0 Å². The van der Waals surface area contributed by atoms with Crippen LogP contribution in [0.15, 0.2) is 36.4 Å². The molecule has 0 amide bonds. The van der Waals surface area contributed by atoms with Gasteiger partial charge in [0, 0.05) is 12.1 Å². The van der Waals surface area contributed by atoms with E-state index in [9.17, 15) is 37.5 Å². The molecule has 2 rings (SSSR count). The number of hydrogen-bond donors (Lipinski definition) is 2. The van der Waals surface area contributed by atoms with Gasteiger partial charge in [0.1, 0.15) is 22.8 Å². The second kappa shape index (κ2) is 9.23. The number of carbonyl (C=O) groups is 1. The summed E-state index contributed by atoms with van der Waals surface area (Å²) in [5.41, 5.74) is 2.90. The van der Waals surface area contributed by atoms with Gasteiger partial charge in [-0.25, -0.2) is 9.36 Å². The number of nitrogens with zero attached hydrogens (tertiary/aromatic N) is 1. The summed E-state index contributed by atoms with van der Waals surface area (Å²) in [6.07, 6.45) is -4.65. The molecule has 14 heteroatoms. The normalized spacial score (nSPS) is 14.4. The first-order chi connectivity index (χ1) is 14.3. The minimum atomic E-state index is -4.63. The highest BCUT2D eigenvalue weighted by molar-refractivity contribution is 7.54. The number of benzene rings is 2. The summed E-state index contributed by atoms with van der Waals surface area (Å²) in [6.45, 7) is 1.46. The monoisotopic (exact) mass is 482 g/mol. The fourth-order valence-electron chi connectivity index (χ4n) is 2.25. The van der Waals surface area contributed by atoms with Crippen LogP contribution in [0.3, 0.4) is 0 Å². The Morgan fingerprint density at radius 2 is 1.97 bits per heavy atom. The van der Waals surface area contributed by atoms with Crippen LogP contribution in [-0.2, 0) is 15.3 Å². The van der Waals surface area contributed by atoms with Gasteiger partial charge in [-0.05, 0) is 30.7 Å². The molecule has 0 saturated heterocycles. The van der Waals surface area contributed by atoms with Gasteiger partial charge >= 0.3 is 19.7 Å². The van der Waals surface area contributed by atoms with Gasteiger partial charge in [-0.15, -0.1) is 0 Å². The van der Waals surface area contributed by atoms with Crippen LogP contribution in [0, 0.1) is 10.1 Å². The second-order valence-corrected chi connectivity index (χ2v) is 8.48. The predicted octanol–water partition coefficient (Wildman–Crippen LogP) is 5.10. The average molecular weight is 483 g/mol. The van der Waals surface area contributed by atoms with Gasteiger partial charge in [-0.2, -0.15) is 13.2 Å². The summed E-state index contributed by atoms with van der Waals surface area (Å²) in [5, 5.41) is 10.8. The van der Waals surface area contributed by atoms with Gasteiger partial charge in [0.2, 0.25) is 0 Å². The van der Waals surface area contributed by atoms with Crippen LogP contribution in [0.2, 0.25) is 5.02 Å². The van der Waals surface area contributed by atoms with Crippen molar-refractivity contribution in [3.63, 3.8) is 0 Å². The Morgan fingerprint density at radius 3 is 2.48 bits per heavy atom. The SMILES string of the molecule is CCC(N)P(=O)(O)OC(=O)c1cc(Oc2ccc(C(F)(F)F)cc2Cl)ccc1[N+](=O)[O-]. The highest BCUT2D eigenvalue weighted by Gasteiger charge is 2.35. The van der Waals surface area contributed by atoms with Crippen LogP contribution >= 0.6 is 19.2 Å². The zero-order valence-corrected chi connectivity index (χ0v) is 17.3. The molecule has 168 valence electrons. The number of nitro groups is 1. The molecule has 0 saturated carbocycles. The zero-order chi connectivity index (χ0) is 23.6. The van der Waals surface area contributed by atoms with Crippen molar-refractivity contribution in [2.24, 2.45) is 5.73 Å². The Morgan fingerprint density at radius 1 is 1.32 bits per heavy atom. The van der Waals surface area contributed by atoms with Crippen molar-refractivity contribution in [3.8, 4) is 11.5 Å². The van der Waals surface area contributed by atoms with Crippen LogP contribution in [0.4, 0.5) is 18.9 Å². The zero-order valence-electron chi connectivity index (χ0n) is 15.6. The largest absolute Gasteiger partial charge is 0.456 e. The van der Waals surface area contributed by atoms with Crippen LogP contribution in [0.5, 0.6) is 11.5 Å². The maximum atomic E-state index is 12.7. The van der Waals surface area contributed by atoms with Gasteiger partial charge in [0.05, 0.1) is 15.5 Å². The van der Waals surface area contributed by atoms with Gasteiger partial charge in [-0.1, -0.05) is 18.5 Å². The number of carbonyl (C=O) groups excluding carboxylic acids is 1. The van der Waals surface area contributed by atoms with E-state index in [1.807, 2.05) is 0 Å². The molecule has 31 heavy (non-hydrogen) atoms. The van der Waals surface area contributed by atoms with Crippen LogP contribution < -0.4 is 10.5 Å². The molecule has 0 aliphatic carbocycles. The van der Waals surface area contributed by atoms with Gasteiger partial charge in [0.25, 0.3) is 5.69 Å². The lowest BCUT2D eigenvalue weighted by Crippen LogP contribution is -2.22. The molecule has 0 radical (unpaired) electrons. The van der Waals surface area contributed by atoms with E-state index in [2.05, 4.69) is 4.52 Å². The van der Waals surface area contributed by atoms with E-state index >= 15 is 0 Å². The molecule has 0 spiro atoms. The first-order valence-electron chi connectivity index (χ1n) is 8.41. The number of hydrogen-bond acceptors (Lipinski definition) is 7. The fraction of sp³-hybridized carbons (Fsp3) is 0.235. The maximum absolute atomic E-state index is 12.7. The Labute approximate surface area is 178 Å². The molecule has 3 N–H and O–H groups in total. The number of rotatable bonds is 7. The molecular formula is C17H15ClF3N2O7P. The third kappa shape index (κ3) is 5.95. The maximum Gasteiger partial charge on any atom is 0.416 e. The number of halogens is 4. The van der Waals surface area contributed by atoms with Gasteiger partial charge in [-0.3, -0.25) is 10.1 Å². The third-order valence-electron chi connectivity index (χ3n) is 3.92. The number of alkyl halides is 3. The van der Waals surface area contributed by atoms with E-state index in [4.69, 9.17) is 22.1 Å². The third-order valence-corrected chi connectivity index (χ3v) is 5.85. The smallest absolute Gasteiger partial charge is 0.416 e. The number of nitrogens with two attached hydrogens (primary N) is 1. The van der Waals surface area contributed by atoms with Crippen molar-refractivity contribution in [2.75, 3.05) is 0 Å². The van der Waals surface area contributed by atoms with Crippen molar-refractivity contribution in [3.05, 3.63) is 62.7 Å². The minimum Gasteiger partial charge on any atom is -0.456 e. The standard InChI is InChI=1S/C17H15ClF3N2O7P/c1-2-15(22)31(27,28)30-16(24)11-8-10(4-5-13(11)23(25)26)29-14-6-3-9(7-12(14)18)17(19,20)21/h3-8,15H,2,22H2,1H3,(H,27,28). The molecule has 0 aliphatic heterocycles. The van der Waals surface area contributed by atoms with E-state index in [1.54, 1.807) is 0 Å². The van der Waals surface area contributed by atoms with Crippen molar-refractivity contribution in [1.29, 1.82) is 0 Å². The summed E-state index contributed by atoms with van der Waals surface area (Å²) in [6, 6.07) is 4.98. The molecular weight excluding hydrogens is 468 g/mol. The minimum absolute atomic E-state index is 0.0152. The lowest BCUT2D eigenvalue weighted by molar-refractivity contribution is -0.385. The summed E-state index contributed by atoms with van der Waals surface area (Å²) in [5.74, 6) is -3.37. The molecule has 0 fully saturated rings. The predicted molar refractivity (Wildman–Crippen MR) is 103 cm³/mol. The Balaban J connectivity index is 2.39. The molecule has 0 heterocycles. The molecule has 2 atom stereocenters. The van der Waals surface area contributed by atoms with Crippen LogP contribution in [0.1, 0.15) is 29.3 Å². The first-order valence-corrected chi connectivity index (χ1v) is 10.4. The second-order valence-electron chi connectivity index (χ2n) is 6.10. The first kappa shape index (κ1) is 24.6.